The molecular weight excluding hydrogens is 382 g/mol. The Kier molecular flexibility index (Phi) is 5.86. The molecule has 3 aromatic rings. The average Bonchev–Trinajstić information content (AvgIpc) is 2.66. The van der Waals surface area contributed by atoms with Gasteiger partial charge in [-0.1, -0.05) is 18.2 Å². The summed E-state index contributed by atoms with van der Waals surface area (Å²) < 4.78 is 31.2. The van der Waals surface area contributed by atoms with Crippen LogP contribution in [0.5, 0.6) is 0 Å². The standard InChI is InChI=1S/C19H19N3O5S/c1-28(25,26)20-10-9-14-5-7-15(8-6-14)19(24)27-13-16-12-18(23)22-11-3-2-4-17(22)21-16/h2-8,11-12,20H,9-10,13H2,1H3. The molecule has 0 bridgehead atoms. The lowest BCUT2D eigenvalue weighted by molar-refractivity contribution is 0.0467. The lowest BCUT2D eigenvalue weighted by atomic mass is 10.1. The van der Waals surface area contributed by atoms with Gasteiger partial charge >= 0.3 is 5.97 Å². The van der Waals surface area contributed by atoms with Gasteiger partial charge in [0.1, 0.15) is 12.3 Å². The van der Waals surface area contributed by atoms with Gasteiger partial charge in [-0.15, -0.1) is 0 Å². The zero-order valence-electron chi connectivity index (χ0n) is 15.2. The molecule has 0 aliphatic carbocycles. The number of nitrogens with zero attached hydrogens (tertiary/aromatic N) is 2. The highest BCUT2D eigenvalue weighted by Crippen LogP contribution is 2.08. The first-order valence-corrected chi connectivity index (χ1v) is 10.4. The number of esters is 1. The topological polar surface area (TPSA) is 107 Å². The van der Waals surface area contributed by atoms with Gasteiger partial charge in [0.15, 0.2) is 0 Å². The number of nitrogens with one attached hydrogen (secondary N) is 1. The molecule has 0 amide bonds. The highest BCUT2D eigenvalue weighted by Gasteiger charge is 2.09. The summed E-state index contributed by atoms with van der Waals surface area (Å²) in [7, 11) is -3.22. The zero-order valence-corrected chi connectivity index (χ0v) is 16.0. The minimum absolute atomic E-state index is 0.112. The van der Waals surface area contributed by atoms with Crippen molar-refractivity contribution in [3.05, 3.63) is 81.9 Å². The van der Waals surface area contributed by atoms with E-state index in [2.05, 4.69) is 9.71 Å². The van der Waals surface area contributed by atoms with E-state index in [0.717, 1.165) is 11.8 Å². The summed E-state index contributed by atoms with van der Waals surface area (Å²) >= 11 is 0. The predicted molar refractivity (Wildman–Crippen MR) is 104 cm³/mol. The molecule has 8 nitrogen and oxygen atoms in total. The van der Waals surface area contributed by atoms with Crippen molar-refractivity contribution in [2.45, 2.75) is 13.0 Å². The molecule has 0 saturated carbocycles. The smallest absolute Gasteiger partial charge is 0.338 e. The highest BCUT2D eigenvalue weighted by atomic mass is 32.2. The first-order chi connectivity index (χ1) is 13.3. The molecule has 3 rings (SSSR count). The summed E-state index contributed by atoms with van der Waals surface area (Å²) in [5.74, 6) is -0.532. The van der Waals surface area contributed by atoms with Gasteiger partial charge in [-0.25, -0.2) is 22.9 Å². The molecule has 9 heteroatoms. The van der Waals surface area contributed by atoms with E-state index in [9.17, 15) is 18.0 Å². The Morgan fingerprint density at radius 3 is 2.64 bits per heavy atom. The average molecular weight is 401 g/mol. The van der Waals surface area contributed by atoms with E-state index in [1.807, 2.05) is 0 Å². The molecule has 28 heavy (non-hydrogen) atoms. The molecule has 0 unspecified atom stereocenters. The molecule has 0 atom stereocenters. The fraction of sp³-hybridized carbons (Fsp3) is 0.211. The highest BCUT2D eigenvalue weighted by molar-refractivity contribution is 7.88. The first kappa shape index (κ1) is 19.7. The van der Waals surface area contributed by atoms with E-state index < -0.39 is 16.0 Å². The number of sulfonamides is 1. The molecule has 0 spiro atoms. The van der Waals surface area contributed by atoms with Crippen molar-refractivity contribution in [3.8, 4) is 0 Å². The van der Waals surface area contributed by atoms with Crippen LogP contribution in [-0.2, 0) is 27.8 Å². The Bertz CT molecular complexity index is 1150. The van der Waals surface area contributed by atoms with Gasteiger partial charge in [-0.05, 0) is 36.2 Å². The number of hydrogen-bond donors (Lipinski definition) is 1. The largest absolute Gasteiger partial charge is 0.456 e. The summed E-state index contributed by atoms with van der Waals surface area (Å²) in [6.45, 7) is 0.172. The van der Waals surface area contributed by atoms with Crippen LogP contribution in [-0.4, -0.2) is 36.6 Å². The zero-order chi connectivity index (χ0) is 20.1. The van der Waals surface area contributed by atoms with Crippen LogP contribution < -0.4 is 10.3 Å². The Morgan fingerprint density at radius 2 is 1.93 bits per heavy atom. The predicted octanol–water partition coefficient (Wildman–Crippen LogP) is 1.14. The molecule has 1 aromatic carbocycles. The molecular formula is C19H19N3O5S. The molecule has 0 aliphatic rings. The summed E-state index contributed by atoms with van der Waals surface area (Å²) in [6, 6.07) is 13.2. The van der Waals surface area contributed by atoms with Gasteiger partial charge in [-0.3, -0.25) is 9.20 Å². The number of carbonyl (C=O) groups is 1. The maximum absolute atomic E-state index is 12.2. The fourth-order valence-corrected chi connectivity index (χ4v) is 3.06. The second-order valence-electron chi connectivity index (χ2n) is 6.20. The van der Waals surface area contributed by atoms with Gasteiger partial charge in [-0.2, -0.15) is 0 Å². The monoisotopic (exact) mass is 401 g/mol. The third-order valence-corrected chi connectivity index (χ3v) is 4.67. The Hall–Kier alpha value is -3.04. The van der Waals surface area contributed by atoms with Crippen molar-refractivity contribution in [3.63, 3.8) is 0 Å². The fourth-order valence-electron chi connectivity index (χ4n) is 2.59. The second kappa shape index (κ2) is 8.32. The maximum atomic E-state index is 12.2. The number of rotatable bonds is 7. The molecule has 2 aromatic heterocycles. The molecule has 0 aliphatic heterocycles. The molecule has 0 radical (unpaired) electrons. The Morgan fingerprint density at radius 1 is 1.18 bits per heavy atom. The van der Waals surface area contributed by atoms with E-state index in [1.54, 1.807) is 48.7 Å². The van der Waals surface area contributed by atoms with E-state index in [1.165, 1.54) is 10.5 Å². The molecule has 1 N–H and O–H groups in total. The minimum atomic E-state index is -3.22. The van der Waals surface area contributed by atoms with Crippen LogP contribution in [0.25, 0.3) is 5.65 Å². The minimum Gasteiger partial charge on any atom is -0.456 e. The van der Waals surface area contributed by atoms with E-state index in [4.69, 9.17) is 4.74 Å². The van der Waals surface area contributed by atoms with Crippen molar-refractivity contribution >= 4 is 21.6 Å². The Labute approximate surface area is 161 Å². The first-order valence-electron chi connectivity index (χ1n) is 8.50. The molecule has 0 saturated heterocycles. The number of carbonyl (C=O) groups excluding carboxylic acids is 1. The SMILES string of the molecule is CS(=O)(=O)NCCc1ccc(C(=O)OCc2cc(=O)n3ccccc3n2)cc1. The van der Waals surface area contributed by atoms with Crippen LogP contribution in [0.4, 0.5) is 0 Å². The van der Waals surface area contributed by atoms with Crippen molar-refractivity contribution < 1.29 is 17.9 Å². The second-order valence-corrected chi connectivity index (χ2v) is 8.04. The summed E-state index contributed by atoms with van der Waals surface area (Å²) in [5.41, 5.74) is 1.85. The van der Waals surface area contributed by atoms with Gasteiger partial charge < -0.3 is 4.74 Å². The van der Waals surface area contributed by atoms with Gasteiger partial charge in [0, 0.05) is 18.8 Å². The third-order valence-electron chi connectivity index (χ3n) is 3.94. The molecule has 2 heterocycles. The number of benzene rings is 1. The molecule has 0 fully saturated rings. The summed E-state index contributed by atoms with van der Waals surface area (Å²) in [4.78, 5) is 28.5. The number of hydrogen-bond acceptors (Lipinski definition) is 6. The summed E-state index contributed by atoms with van der Waals surface area (Å²) in [5, 5.41) is 0. The number of pyridine rings is 1. The van der Waals surface area contributed by atoms with Crippen LogP contribution in [0.2, 0.25) is 0 Å². The maximum Gasteiger partial charge on any atom is 0.338 e. The van der Waals surface area contributed by atoms with Crippen molar-refractivity contribution in [1.29, 1.82) is 0 Å². The lowest BCUT2D eigenvalue weighted by Crippen LogP contribution is -2.24. The van der Waals surface area contributed by atoms with Crippen LogP contribution in [0, 0.1) is 0 Å². The van der Waals surface area contributed by atoms with Gasteiger partial charge in [0.25, 0.3) is 5.56 Å². The van der Waals surface area contributed by atoms with Gasteiger partial charge in [0.2, 0.25) is 10.0 Å². The van der Waals surface area contributed by atoms with Crippen LogP contribution in [0.1, 0.15) is 21.6 Å². The van der Waals surface area contributed by atoms with Crippen molar-refractivity contribution in [1.82, 2.24) is 14.1 Å². The van der Waals surface area contributed by atoms with Crippen LogP contribution in [0.15, 0.2) is 59.5 Å². The number of fused-ring (bicyclic) bond motifs is 1. The van der Waals surface area contributed by atoms with E-state index in [0.29, 0.717) is 23.3 Å². The van der Waals surface area contributed by atoms with Crippen LogP contribution in [0.3, 0.4) is 0 Å². The lowest BCUT2D eigenvalue weighted by Gasteiger charge is -2.07. The van der Waals surface area contributed by atoms with Crippen LogP contribution >= 0.6 is 0 Å². The van der Waals surface area contributed by atoms with E-state index in [-0.39, 0.29) is 18.7 Å². The number of ether oxygens (including phenoxy) is 1. The van der Waals surface area contributed by atoms with Gasteiger partial charge in [0.05, 0.1) is 17.5 Å². The third kappa shape index (κ3) is 5.24. The van der Waals surface area contributed by atoms with Crippen molar-refractivity contribution in [2.75, 3.05) is 12.8 Å². The normalized spacial score (nSPS) is 11.5. The van der Waals surface area contributed by atoms with Crippen molar-refractivity contribution in [2.24, 2.45) is 0 Å². The number of aromatic nitrogens is 2. The van der Waals surface area contributed by atoms with E-state index >= 15 is 0 Å². The summed E-state index contributed by atoms with van der Waals surface area (Å²) in [6.07, 6.45) is 3.23. The molecule has 146 valence electrons. The quantitative estimate of drug-likeness (QED) is 0.595. The Balaban J connectivity index is 1.60.